The van der Waals surface area contributed by atoms with Crippen molar-refractivity contribution in [3.8, 4) is 0 Å². The second-order valence-corrected chi connectivity index (χ2v) is 4.76. The van der Waals surface area contributed by atoms with Gasteiger partial charge in [0.25, 0.3) is 0 Å². The highest BCUT2D eigenvalue weighted by atomic mass is 19.4. The number of alkyl halides is 9. The molecule has 0 aromatic heterocycles. The van der Waals surface area contributed by atoms with E-state index in [1.807, 2.05) is 6.92 Å². The molecule has 0 aromatic rings. The van der Waals surface area contributed by atoms with Crippen LogP contribution >= 0.6 is 0 Å². The van der Waals surface area contributed by atoms with E-state index in [4.69, 9.17) is 4.74 Å². The standard InChI is InChI=1S/C12H17F9O2/c1-3-4-6-22-8(2)23-7-5-9(13,14)10(15,16)11(17,18)12(19,20)21/h8H,3-7H2,1-2H3/t8-/m1/s1. The molecule has 0 aliphatic carbocycles. The summed E-state index contributed by atoms with van der Waals surface area (Å²) in [5.74, 6) is -19.1. The molecule has 0 fully saturated rings. The number of unbranched alkanes of at least 4 members (excludes halogenated alkanes) is 1. The predicted octanol–water partition coefficient (Wildman–Crippen LogP) is 5.02. The van der Waals surface area contributed by atoms with Gasteiger partial charge in [-0.3, -0.25) is 0 Å². The third-order valence-electron chi connectivity index (χ3n) is 2.83. The van der Waals surface area contributed by atoms with E-state index in [-0.39, 0.29) is 6.61 Å². The van der Waals surface area contributed by atoms with Gasteiger partial charge in [0, 0.05) is 13.0 Å². The van der Waals surface area contributed by atoms with Gasteiger partial charge in [-0.1, -0.05) is 13.3 Å². The quantitative estimate of drug-likeness (QED) is 0.308. The van der Waals surface area contributed by atoms with Crippen molar-refractivity contribution in [1.82, 2.24) is 0 Å². The van der Waals surface area contributed by atoms with Crippen LogP contribution in [0.5, 0.6) is 0 Å². The Bertz CT molecular complexity index is 355. The van der Waals surface area contributed by atoms with Crippen molar-refractivity contribution in [3.05, 3.63) is 0 Å². The van der Waals surface area contributed by atoms with Crippen LogP contribution in [0.4, 0.5) is 39.5 Å². The summed E-state index contributed by atoms with van der Waals surface area (Å²) in [6.07, 6.45) is -8.55. The third-order valence-corrected chi connectivity index (χ3v) is 2.83. The molecular formula is C12H17F9O2. The average Bonchev–Trinajstić information content (AvgIpc) is 2.37. The molecule has 23 heavy (non-hydrogen) atoms. The molecule has 0 saturated heterocycles. The fourth-order valence-electron chi connectivity index (χ4n) is 1.36. The van der Waals surface area contributed by atoms with Crippen molar-refractivity contribution in [3.63, 3.8) is 0 Å². The van der Waals surface area contributed by atoms with Gasteiger partial charge >= 0.3 is 23.9 Å². The Hall–Kier alpha value is -0.710. The first kappa shape index (κ1) is 22.3. The lowest BCUT2D eigenvalue weighted by molar-refractivity contribution is -0.397. The molecular weight excluding hydrogens is 347 g/mol. The Morgan fingerprint density at radius 3 is 1.70 bits per heavy atom. The van der Waals surface area contributed by atoms with Crippen molar-refractivity contribution >= 4 is 0 Å². The molecule has 0 amide bonds. The summed E-state index contributed by atoms with van der Waals surface area (Å²) in [5.41, 5.74) is 0. The minimum absolute atomic E-state index is 0.191. The zero-order valence-electron chi connectivity index (χ0n) is 12.3. The average molecular weight is 364 g/mol. The molecule has 0 saturated carbocycles. The summed E-state index contributed by atoms with van der Waals surface area (Å²) in [4.78, 5) is 0. The van der Waals surface area contributed by atoms with Gasteiger partial charge in [0.1, 0.15) is 0 Å². The second-order valence-electron chi connectivity index (χ2n) is 4.76. The van der Waals surface area contributed by atoms with Crippen molar-refractivity contribution in [2.24, 2.45) is 0 Å². The van der Waals surface area contributed by atoms with Crippen molar-refractivity contribution in [1.29, 1.82) is 0 Å². The van der Waals surface area contributed by atoms with Gasteiger partial charge in [-0.2, -0.15) is 39.5 Å². The van der Waals surface area contributed by atoms with E-state index in [0.29, 0.717) is 6.42 Å². The topological polar surface area (TPSA) is 18.5 Å². The second kappa shape index (κ2) is 7.91. The molecule has 1 atom stereocenters. The molecule has 0 aliphatic rings. The lowest BCUT2D eigenvalue weighted by Crippen LogP contribution is -2.61. The first-order valence-corrected chi connectivity index (χ1v) is 6.64. The van der Waals surface area contributed by atoms with Crippen molar-refractivity contribution in [2.45, 2.75) is 63.3 Å². The molecule has 0 bridgehead atoms. The minimum Gasteiger partial charge on any atom is -0.353 e. The van der Waals surface area contributed by atoms with E-state index >= 15 is 0 Å². The summed E-state index contributed by atoms with van der Waals surface area (Å²) in [6.45, 7) is 2.09. The van der Waals surface area contributed by atoms with Gasteiger partial charge in [-0.05, 0) is 13.3 Å². The summed E-state index contributed by atoms with van der Waals surface area (Å²) in [5, 5.41) is 0. The maximum Gasteiger partial charge on any atom is 0.460 e. The number of hydrogen-bond donors (Lipinski definition) is 0. The molecule has 0 N–H and O–H groups in total. The van der Waals surface area contributed by atoms with Crippen LogP contribution in [0.3, 0.4) is 0 Å². The summed E-state index contributed by atoms with van der Waals surface area (Å²) < 4.78 is 122. The molecule has 0 radical (unpaired) electrons. The van der Waals surface area contributed by atoms with Crippen molar-refractivity contribution in [2.75, 3.05) is 13.2 Å². The Morgan fingerprint density at radius 1 is 0.783 bits per heavy atom. The Labute approximate surface area is 126 Å². The predicted molar refractivity (Wildman–Crippen MR) is 61.8 cm³/mol. The third kappa shape index (κ3) is 5.40. The highest BCUT2D eigenvalue weighted by Crippen LogP contribution is 2.53. The van der Waals surface area contributed by atoms with Gasteiger partial charge < -0.3 is 9.47 Å². The lowest BCUT2D eigenvalue weighted by atomic mass is 10.0. The Balaban J connectivity index is 4.68. The molecule has 11 heteroatoms. The van der Waals surface area contributed by atoms with E-state index in [9.17, 15) is 39.5 Å². The monoisotopic (exact) mass is 364 g/mol. The number of hydrogen-bond acceptors (Lipinski definition) is 2. The van der Waals surface area contributed by atoms with Crippen LogP contribution in [0.25, 0.3) is 0 Å². The molecule has 0 heterocycles. The van der Waals surface area contributed by atoms with E-state index in [0.717, 1.165) is 6.42 Å². The highest BCUT2D eigenvalue weighted by molar-refractivity contribution is 5.00. The van der Waals surface area contributed by atoms with Gasteiger partial charge in [0.2, 0.25) is 0 Å². The molecule has 140 valence electrons. The van der Waals surface area contributed by atoms with E-state index < -0.39 is 43.3 Å². The summed E-state index contributed by atoms with van der Waals surface area (Å²) in [6, 6.07) is 0. The fourth-order valence-corrected chi connectivity index (χ4v) is 1.36. The number of halogens is 9. The van der Waals surface area contributed by atoms with Crippen LogP contribution in [0, 0.1) is 0 Å². The Kier molecular flexibility index (Phi) is 7.66. The van der Waals surface area contributed by atoms with Crippen LogP contribution in [-0.4, -0.2) is 43.4 Å². The molecule has 0 unspecified atom stereocenters. The summed E-state index contributed by atoms with van der Waals surface area (Å²) in [7, 11) is 0. The first-order valence-electron chi connectivity index (χ1n) is 6.64. The highest BCUT2D eigenvalue weighted by Gasteiger charge is 2.81. The van der Waals surface area contributed by atoms with Gasteiger partial charge in [0.05, 0.1) is 6.61 Å². The van der Waals surface area contributed by atoms with Crippen LogP contribution in [0.1, 0.15) is 33.1 Å². The SMILES string of the molecule is CCCCO[C@@H](C)OCCC(F)(F)C(F)(F)C(F)(F)C(F)(F)F. The smallest absolute Gasteiger partial charge is 0.353 e. The molecule has 0 rings (SSSR count). The maximum absolute atomic E-state index is 13.1. The van der Waals surface area contributed by atoms with Gasteiger partial charge in [0.15, 0.2) is 6.29 Å². The number of ether oxygens (including phenoxy) is 2. The largest absolute Gasteiger partial charge is 0.460 e. The first-order chi connectivity index (χ1) is 10.2. The number of rotatable bonds is 10. The summed E-state index contributed by atoms with van der Waals surface area (Å²) >= 11 is 0. The van der Waals surface area contributed by atoms with E-state index in [1.165, 1.54) is 6.92 Å². The molecule has 0 spiro atoms. The maximum atomic E-state index is 13.1. The normalized spacial score (nSPS) is 15.8. The van der Waals surface area contributed by atoms with Crippen LogP contribution in [0.15, 0.2) is 0 Å². The van der Waals surface area contributed by atoms with Gasteiger partial charge in [-0.25, -0.2) is 0 Å². The van der Waals surface area contributed by atoms with Crippen LogP contribution < -0.4 is 0 Å². The van der Waals surface area contributed by atoms with Crippen LogP contribution in [-0.2, 0) is 9.47 Å². The van der Waals surface area contributed by atoms with E-state index in [1.54, 1.807) is 0 Å². The molecule has 2 nitrogen and oxygen atoms in total. The fraction of sp³-hybridized carbons (Fsp3) is 1.00. The zero-order valence-corrected chi connectivity index (χ0v) is 12.3. The lowest BCUT2D eigenvalue weighted by Gasteiger charge is -2.33. The van der Waals surface area contributed by atoms with Crippen molar-refractivity contribution < 1.29 is 49.0 Å². The molecule has 0 aliphatic heterocycles. The zero-order chi connectivity index (χ0) is 18.5. The van der Waals surface area contributed by atoms with Crippen LogP contribution in [0.2, 0.25) is 0 Å². The van der Waals surface area contributed by atoms with Gasteiger partial charge in [-0.15, -0.1) is 0 Å². The molecule has 0 aromatic carbocycles. The minimum atomic E-state index is -6.87. The Morgan fingerprint density at radius 2 is 1.26 bits per heavy atom. The van der Waals surface area contributed by atoms with E-state index in [2.05, 4.69) is 4.74 Å².